The number of pyridine rings is 1. The molecule has 0 bridgehead atoms. The Kier molecular flexibility index (Phi) is 8.43. The first-order valence-corrected chi connectivity index (χ1v) is 8.82. The zero-order valence-corrected chi connectivity index (χ0v) is 17.6. The molecule has 0 amide bonds. The molecule has 0 spiro atoms. The Morgan fingerprint density at radius 1 is 1.11 bits per heavy atom. The van der Waals surface area contributed by atoms with Crippen LogP contribution in [-0.4, -0.2) is 33.6 Å². The maximum absolute atomic E-state index is 13.7. The van der Waals surface area contributed by atoms with E-state index in [9.17, 15) is 4.39 Å². The van der Waals surface area contributed by atoms with Crippen molar-refractivity contribution >= 4 is 35.6 Å². The molecule has 6 nitrogen and oxygen atoms in total. The molecular weight excluding hydrogens is 458 g/mol. The Hall–Kier alpha value is -2.23. The van der Waals surface area contributed by atoms with Gasteiger partial charge in [-0.15, -0.1) is 34.2 Å². The van der Waals surface area contributed by atoms with Gasteiger partial charge in [-0.05, 0) is 31.5 Å². The molecule has 27 heavy (non-hydrogen) atoms. The van der Waals surface area contributed by atoms with Gasteiger partial charge in [-0.3, -0.25) is 4.40 Å². The number of nitrogens with one attached hydrogen (secondary N) is 2. The van der Waals surface area contributed by atoms with E-state index < -0.39 is 0 Å². The summed E-state index contributed by atoms with van der Waals surface area (Å²) in [6.45, 7) is 3.79. The fourth-order valence-corrected chi connectivity index (χ4v) is 2.65. The number of aliphatic imine (C=N–C) groups is 1. The molecule has 2 aromatic heterocycles. The summed E-state index contributed by atoms with van der Waals surface area (Å²) >= 11 is 0. The van der Waals surface area contributed by atoms with Crippen LogP contribution in [0.4, 0.5) is 4.39 Å². The highest BCUT2D eigenvalue weighted by Crippen LogP contribution is 2.07. The van der Waals surface area contributed by atoms with E-state index >= 15 is 0 Å². The minimum absolute atomic E-state index is 0. The number of nitrogens with zero attached hydrogens (tertiary/aromatic N) is 4. The van der Waals surface area contributed by atoms with Crippen LogP contribution in [0.2, 0.25) is 0 Å². The molecule has 3 rings (SSSR count). The minimum atomic E-state index is -0.231. The van der Waals surface area contributed by atoms with Crippen LogP contribution in [0.15, 0.2) is 53.7 Å². The van der Waals surface area contributed by atoms with Gasteiger partial charge in [-0.25, -0.2) is 9.38 Å². The standard InChI is InChI=1S/C19H23FN6.HI/c1-2-21-19(23-14-15-8-3-4-9-16(15)20)22-12-7-11-18-25-24-17-10-5-6-13-26(17)18;/h3-6,8-10,13H,2,7,11-12,14H2,1H3,(H2,21,22,23);1H. The average Bonchev–Trinajstić information content (AvgIpc) is 3.07. The number of benzene rings is 1. The molecule has 0 aliphatic carbocycles. The third-order valence-corrected chi connectivity index (χ3v) is 3.96. The van der Waals surface area contributed by atoms with Crippen molar-refractivity contribution in [1.82, 2.24) is 25.2 Å². The van der Waals surface area contributed by atoms with Crippen LogP contribution in [0.1, 0.15) is 24.7 Å². The fraction of sp³-hybridized carbons (Fsp3) is 0.316. The molecule has 2 heterocycles. The Balaban J connectivity index is 0.00000261. The highest BCUT2D eigenvalue weighted by molar-refractivity contribution is 14.0. The van der Waals surface area contributed by atoms with Crippen molar-refractivity contribution in [2.24, 2.45) is 4.99 Å². The number of fused-ring (bicyclic) bond motifs is 1. The molecule has 0 aliphatic rings. The van der Waals surface area contributed by atoms with Crippen LogP contribution in [0.3, 0.4) is 0 Å². The van der Waals surface area contributed by atoms with Crippen molar-refractivity contribution < 1.29 is 4.39 Å². The normalized spacial score (nSPS) is 11.3. The Labute approximate surface area is 175 Å². The van der Waals surface area contributed by atoms with Crippen molar-refractivity contribution in [3.8, 4) is 0 Å². The average molecular weight is 482 g/mol. The second kappa shape index (κ2) is 10.8. The molecule has 0 aliphatic heterocycles. The number of hydrogen-bond donors (Lipinski definition) is 2. The monoisotopic (exact) mass is 482 g/mol. The Morgan fingerprint density at radius 3 is 2.74 bits per heavy atom. The maximum Gasteiger partial charge on any atom is 0.191 e. The molecule has 8 heteroatoms. The van der Waals surface area contributed by atoms with Gasteiger partial charge in [-0.1, -0.05) is 24.3 Å². The zero-order chi connectivity index (χ0) is 18.2. The number of guanidine groups is 1. The first-order valence-electron chi connectivity index (χ1n) is 8.82. The summed E-state index contributed by atoms with van der Waals surface area (Å²) in [6, 6.07) is 12.6. The quantitative estimate of drug-likeness (QED) is 0.235. The summed E-state index contributed by atoms with van der Waals surface area (Å²) in [5.41, 5.74) is 1.44. The van der Waals surface area contributed by atoms with Crippen LogP contribution in [0.5, 0.6) is 0 Å². The number of aromatic nitrogens is 3. The van der Waals surface area contributed by atoms with Gasteiger partial charge in [0.15, 0.2) is 11.6 Å². The molecular formula is C19H24FIN6. The molecule has 0 atom stereocenters. The molecule has 0 saturated heterocycles. The van der Waals surface area contributed by atoms with Crippen molar-refractivity contribution in [3.05, 3.63) is 65.9 Å². The van der Waals surface area contributed by atoms with Gasteiger partial charge in [0.2, 0.25) is 0 Å². The van der Waals surface area contributed by atoms with E-state index in [1.807, 2.05) is 41.8 Å². The predicted molar refractivity (Wildman–Crippen MR) is 116 cm³/mol. The second-order valence-corrected chi connectivity index (χ2v) is 5.86. The molecule has 0 fully saturated rings. The lowest BCUT2D eigenvalue weighted by molar-refractivity contribution is 0.610. The van der Waals surface area contributed by atoms with Crippen LogP contribution in [-0.2, 0) is 13.0 Å². The molecule has 0 saturated carbocycles. The first kappa shape index (κ1) is 21.1. The minimum Gasteiger partial charge on any atom is -0.357 e. The summed E-state index contributed by atoms with van der Waals surface area (Å²) in [7, 11) is 0. The second-order valence-electron chi connectivity index (χ2n) is 5.86. The van der Waals surface area contributed by atoms with E-state index in [-0.39, 0.29) is 29.8 Å². The zero-order valence-electron chi connectivity index (χ0n) is 15.2. The third-order valence-electron chi connectivity index (χ3n) is 3.96. The van der Waals surface area contributed by atoms with Crippen LogP contribution < -0.4 is 10.6 Å². The van der Waals surface area contributed by atoms with Crippen molar-refractivity contribution in [2.75, 3.05) is 13.1 Å². The summed E-state index contributed by atoms with van der Waals surface area (Å²) in [5, 5.41) is 14.8. The Morgan fingerprint density at radius 2 is 1.93 bits per heavy atom. The van der Waals surface area contributed by atoms with Gasteiger partial charge in [0.1, 0.15) is 11.6 Å². The van der Waals surface area contributed by atoms with Gasteiger partial charge in [-0.2, -0.15) is 0 Å². The lowest BCUT2D eigenvalue weighted by Crippen LogP contribution is -2.37. The Bertz CT molecular complexity index is 879. The molecule has 1 aromatic carbocycles. The van der Waals surface area contributed by atoms with Crippen molar-refractivity contribution in [2.45, 2.75) is 26.3 Å². The van der Waals surface area contributed by atoms with E-state index in [0.717, 1.165) is 37.4 Å². The highest BCUT2D eigenvalue weighted by atomic mass is 127. The van der Waals surface area contributed by atoms with Crippen molar-refractivity contribution in [3.63, 3.8) is 0 Å². The van der Waals surface area contributed by atoms with Gasteiger partial charge >= 0.3 is 0 Å². The molecule has 3 aromatic rings. The van der Waals surface area contributed by atoms with Gasteiger partial charge in [0.25, 0.3) is 0 Å². The largest absolute Gasteiger partial charge is 0.357 e. The molecule has 0 unspecified atom stereocenters. The number of hydrogen-bond acceptors (Lipinski definition) is 3. The van der Waals surface area contributed by atoms with E-state index in [4.69, 9.17) is 0 Å². The molecule has 144 valence electrons. The van der Waals surface area contributed by atoms with E-state index in [2.05, 4.69) is 25.8 Å². The van der Waals surface area contributed by atoms with E-state index in [0.29, 0.717) is 18.1 Å². The molecule has 0 radical (unpaired) electrons. The predicted octanol–water partition coefficient (Wildman–Crippen LogP) is 3.17. The van der Waals surface area contributed by atoms with Crippen LogP contribution in [0, 0.1) is 5.82 Å². The smallest absolute Gasteiger partial charge is 0.191 e. The highest BCUT2D eigenvalue weighted by Gasteiger charge is 2.05. The molecule has 2 N–H and O–H groups in total. The number of halogens is 2. The van der Waals surface area contributed by atoms with Crippen molar-refractivity contribution in [1.29, 1.82) is 0 Å². The SMILES string of the molecule is CCNC(=NCc1ccccc1F)NCCCc1nnc2ccccn12.I. The van der Waals surface area contributed by atoms with Gasteiger partial charge in [0.05, 0.1) is 6.54 Å². The summed E-state index contributed by atoms with van der Waals surface area (Å²) in [5.74, 6) is 1.39. The summed E-state index contributed by atoms with van der Waals surface area (Å²) in [6.07, 6.45) is 3.67. The van der Waals surface area contributed by atoms with E-state index in [1.54, 1.807) is 12.1 Å². The van der Waals surface area contributed by atoms with Crippen LogP contribution >= 0.6 is 24.0 Å². The third kappa shape index (κ3) is 5.88. The fourth-order valence-electron chi connectivity index (χ4n) is 2.65. The number of aryl methyl sites for hydroxylation is 1. The lowest BCUT2D eigenvalue weighted by Gasteiger charge is -2.11. The topological polar surface area (TPSA) is 66.6 Å². The van der Waals surface area contributed by atoms with Gasteiger partial charge in [0, 0.05) is 31.3 Å². The maximum atomic E-state index is 13.7. The first-order chi connectivity index (χ1) is 12.8. The van der Waals surface area contributed by atoms with Gasteiger partial charge < -0.3 is 10.6 Å². The van der Waals surface area contributed by atoms with Crippen LogP contribution in [0.25, 0.3) is 5.65 Å². The van der Waals surface area contributed by atoms with E-state index in [1.165, 1.54) is 6.07 Å². The summed E-state index contributed by atoms with van der Waals surface area (Å²) < 4.78 is 15.7. The number of rotatable bonds is 7. The lowest BCUT2D eigenvalue weighted by atomic mass is 10.2. The summed E-state index contributed by atoms with van der Waals surface area (Å²) in [4.78, 5) is 4.45.